The number of benzene rings is 1. The van der Waals surface area contributed by atoms with Crippen LogP contribution in [0.5, 0.6) is 0 Å². The summed E-state index contributed by atoms with van der Waals surface area (Å²) in [4.78, 5) is 11.9. The smallest absolute Gasteiger partial charge is 0.345 e. The zero-order valence-corrected chi connectivity index (χ0v) is 12.9. The molecule has 0 saturated carbocycles. The van der Waals surface area contributed by atoms with E-state index in [1.54, 1.807) is 6.92 Å². The molecule has 18 heavy (non-hydrogen) atoms. The lowest BCUT2D eigenvalue weighted by Gasteiger charge is -2.25. The molecule has 0 unspecified atom stereocenters. The first-order valence-corrected chi connectivity index (χ1v) is 6.80. The maximum atomic E-state index is 11.9. The second kappa shape index (κ2) is 6.19. The van der Waals surface area contributed by atoms with Crippen LogP contribution in [0.3, 0.4) is 0 Å². The summed E-state index contributed by atoms with van der Waals surface area (Å²) in [6.45, 7) is 8.42. The van der Waals surface area contributed by atoms with E-state index in [1.165, 1.54) is 0 Å². The van der Waals surface area contributed by atoms with Gasteiger partial charge in [-0.15, -0.1) is 0 Å². The van der Waals surface area contributed by atoms with Crippen molar-refractivity contribution in [2.45, 2.75) is 27.7 Å². The van der Waals surface area contributed by atoms with Crippen LogP contribution in [0.1, 0.15) is 33.3 Å². The minimum atomic E-state index is -0.314. The molecule has 0 bridgehead atoms. The fourth-order valence-electron chi connectivity index (χ4n) is 1.79. The Hall–Kier alpha value is -1.09. The Bertz CT molecular complexity index is 441. The summed E-state index contributed by atoms with van der Waals surface area (Å²) >= 11 is 3.39. The molecule has 1 aromatic rings. The first-order chi connectivity index (χ1) is 8.38. The van der Waals surface area contributed by atoms with Gasteiger partial charge < -0.3 is 4.74 Å². The minimum Gasteiger partial charge on any atom is -0.462 e. The molecule has 0 saturated heterocycles. The van der Waals surface area contributed by atoms with Crippen molar-refractivity contribution in [2.24, 2.45) is 5.41 Å². The highest BCUT2D eigenvalue weighted by Gasteiger charge is 2.25. The van der Waals surface area contributed by atoms with Gasteiger partial charge in [0.2, 0.25) is 0 Å². The molecule has 0 heterocycles. The molecule has 0 aliphatic heterocycles. The van der Waals surface area contributed by atoms with Crippen molar-refractivity contribution < 1.29 is 9.53 Å². The average Bonchev–Trinajstić information content (AvgIpc) is 2.29. The summed E-state index contributed by atoms with van der Waals surface area (Å²) in [5.41, 5.74) is 1.85. The van der Waals surface area contributed by atoms with E-state index in [0.29, 0.717) is 11.1 Å². The van der Waals surface area contributed by atoms with Gasteiger partial charge in [0.1, 0.15) is 4.48 Å². The summed E-state index contributed by atoms with van der Waals surface area (Å²) < 4.78 is 5.56. The molecule has 98 valence electrons. The summed E-state index contributed by atoms with van der Waals surface area (Å²) in [6.07, 6.45) is 0. The largest absolute Gasteiger partial charge is 0.462 e. The van der Waals surface area contributed by atoms with Gasteiger partial charge in [-0.25, -0.2) is 4.79 Å². The van der Waals surface area contributed by atoms with Gasteiger partial charge in [0.25, 0.3) is 0 Å². The van der Waals surface area contributed by atoms with Crippen LogP contribution < -0.4 is 0 Å². The monoisotopic (exact) mass is 310 g/mol. The highest BCUT2D eigenvalue weighted by Crippen LogP contribution is 2.38. The third-order valence-electron chi connectivity index (χ3n) is 2.49. The topological polar surface area (TPSA) is 26.3 Å². The second-order valence-electron chi connectivity index (χ2n) is 5.03. The van der Waals surface area contributed by atoms with E-state index >= 15 is 0 Å². The van der Waals surface area contributed by atoms with Gasteiger partial charge in [-0.1, -0.05) is 51.1 Å². The van der Waals surface area contributed by atoms with Crippen molar-refractivity contribution in [1.82, 2.24) is 0 Å². The number of halogens is 1. The number of allylic oxidation sites excluding steroid dienone is 1. The van der Waals surface area contributed by atoms with Gasteiger partial charge in [0.05, 0.1) is 6.61 Å². The number of rotatable bonds is 3. The Morgan fingerprint density at radius 1 is 1.22 bits per heavy atom. The Kier molecular flexibility index (Phi) is 5.15. The average molecular weight is 311 g/mol. The van der Waals surface area contributed by atoms with Crippen LogP contribution in [0.15, 0.2) is 34.8 Å². The molecule has 2 nitrogen and oxygen atoms in total. The van der Waals surface area contributed by atoms with Crippen LogP contribution in [-0.2, 0) is 9.53 Å². The van der Waals surface area contributed by atoms with Crippen LogP contribution in [0.2, 0.25) is 0 Å². The maximum Gasteiger partial charge on any atom is 0.345 e. The van der Waals surface area contributed by atoms with E-state index in [-0.39, 0.29) is 11.4 Å². The van der Waals surface area contributed by atoms with Crippen LogP contribution in [0.4, 0.5) is 0 Å². The van der Waals surface area contributed by atoms with E-state index in [4.69, 9.17) is 4.74 Å². The Labute approximate surface area is 117 Å². The molecule has 0 aliphatic rings. The molecule has 0 N–H and O–H groups in total. The summed E-state index contributed by atoms with van der Waals surface area (Å²) in [5.74, 6) is -0.314. The molecule has 0 spiro atoms. The fraction of sp³-hybridized carbons (Fsp3) is 0.400. The van der Waals surface area contributed by atoms with E-state index in [0.717, 1.165) is 11.1 Å². The number of carbonyl (C=O) groups is 1. The SMILES string of the molecule is CCOC(=O)/C(Br)=C(\c1ccccc1)C(C)(C)C. The minimum absolute atomic E-state index is 0.146. The predicted octanol–water partition coefficient (Wildman–Crippen LogP) is 4.40. The number of carbonyl (C=O) groups excluding carboxylic acids is 1. The van der Waals surface area contributed by atoms with E-state index < -0.39 is 0 Å². The van der Waals surface area contributed by atoms with E-state index in [2.05, 4.69) is 36.7 Å². The van der Waals surface area contributed by atoms with Crippen LogP contribution in [0.25, 0.3) is 5.57 Å². The predicted molar refractivity (Wildman–Crippen MR) is 78.4 cm³/mol. The van der Waals surface area contributed by atoms with Crippen LogP contribution in [0, 0.1) is 5.41 Å². The van der Waals surface area contributed by atoms with Crippen LogP contribution in [-0.4, -0.2) is 12.6 Å². The van der Waals surface area contributed by atoms with Crippen molar-refractivity contribution in [3.05, 3.63) is 40.4 Å². The molecule has 1 rings (SSSR count). The standard InChI is InChI=1S/C15H19BrO2/c1-5-18-14(17)13(16)12(15(2,3)4)11-9-7-6-8-10-11/h6-10H,5H2,1-4H3/b13-12-. The van der Waals surface area contributed by atoms with Gasteiger partial charge in [-0.05, 0) is 39.4 Å². The van der Waals surface area contributed by atoms with E-state index in [1.807, 2.05) is 30.3 Å². The summed E-state index contributed by atoms with van der Waals surface area (Å²) in [5, 5.41) is 0. The molecule has 0 atom stereocenters. The quantitative estimate of drug-likeness (QED) is 0.611. The molecule has 3 heteroatoms. The number of hydrogen-bond acceptors (Lipinski definition) is 2. The van der Waals surface area contributed by atoms with Crippen molar-refractivity contribution in [3.63, 3.8) is 0 Å². The summed E-state index contributed by atoms with van der Waals surface area (Å²) in [7, 11) is 0. The molecule has 0 amide bonds. The van der Waals surface area contributed by atoms with Crippen molar-refractivity contribution >= 4 is 27.5 Å². The summed E-state index contributed by atoms with van der Waals surface area (Å²) in [6, 6.07) is 9.89. The lowest BCUT2D eigenvalue weighted by molar-refractivity contribution is -0.137. The number of ether oxygens (including phenoxy) is 1. The normalized spacial score (nSPS) is 12.9. The first kappa shape index (κ1) is 15.0. The Morgan fingerprint density at radius 3 is 2.22 bits per heavy atom. The molecular weight excluding hydrogens is 292 g/mol. The number of hydrogen-bond donors (Lipinski definition) is 0. The van der Waals surface area contributed by atoms with Crippen molar-refractivity contribution in [1.29, 1.82) is 0 Å². The lowest BCUT2D eigenvalue weighted by Crippen LogP contribution is -2.14. The Balaban J connectivity index is 3.31. The third-order valence-corrected chi connectivity index (χ3v) is 3.21. The molecule has 1 aromatic carbocycles. The number of esters is 1. The molecule has 0 fully saturated rings. The fourth-order valence-corrected chi connectivity index (χ4v) is 2.73. The zero-order valence-electron chi connectivity index (χ0n) is 11.3. The van der Waals surface area contributed by atoms with Gasteiger partial charge in [0, 0.05) is 0 Å². The van der Waals surface area contributed by atoms with Crippen molar-refractivity contribution in [2.75, 3.05) is 6.61 Å². The third kappa shape index (κ3) is 3.70. The Morgan fingerprint density at radius 2 is 1.78 bits per heavy atom. The van der Waals surface area contributed by atoms with Gasteiger partial charge >= 0.3 is 5.97 Å². The highest BCUT2D eigenvalue weighted by atomic mass is 79.9. The van der Waals surface area contributed by atoms with Gasteiger partial charge in [-0.2, -0.15) is 0 Å². The zero-order chi connectivity index (χ0) is 13.8. The first-order valence-electron chi connectivity index (χ1n) is 6.00. The molecule has 0 radical (unpaired) electrons. The van der Waals surface area contributed by atoms with Crippen LogP contribution >= 0.6 is 15.9 Å². The van der Waals surface area contributed by atoms with Gasteiger partial charge in [-0.3, -0.25) is 0 Å². The van der Waals surface area contributed by atoms with Gasteiger partial charge in [0.15, 0.2) is 0 Å². The van der Waals surface area contributed by atoms with E-state index in [9.17, 15) is 4.79 Å². The molecular formula is C15H19BrO2. The molecule has 0 aromatic heterocycles. The second-order valence-corrected chi connectivity index (χ2v) is 5.82. The molecule has 0 aliphatic carbocycles. The lowest BCUT2D eigenvalue weighted by atomic mass is 9.82. The van der Waals surface area contributed by atoms with Crippen molar-refractivity contribution in [3.8, 4) is 0 Å². The maximum absolute atomic E-state index is 11.9. The highest BCUT2D eigenvalue weighted by molar-refractivity contribution is 9.12.